The Balaban J connectivity index is 2.55. The van der Waals surface area contributed by atoms with E-state index < -0.39 is 12.6 Å². The molecule has 0 radical (unpaired) electrons. The van der Waals surface area contributed by atoms with Gasteiger partial charge in [0.1, 0.15) is 0 Å². The van der Waals surface area contributed by atoms with Gasteiger partial charge in [-0.2, -0.15) is 0 Å². The third-order valence-electron chi connectivity index (χ3n) is 2.45. The highest BCUT2D eigenvalue weighted by molar-refractivity contribution is 5.12. The molecule has 4 N–H and O–H groups in total. The van der Waals surface area contributed by atoms with Crippen molar-refractivity contribution in [1.82, 2.24) is 4.98 Å². The molecule has 0 saturated heterocycles. The molecule has 2 atom stereocenters. The standard InChI is InChI=1S/C13H21NO6/c15-6-2-8-19-12(17)10-4-1-5-11(14-10)13(18)20-9-3-7-16/h1,4-5,12-13,15-18H,2-3,6-9H2. The maximum Gasteiger partial charge on any atom is 0.198 e. The van der Waals surface area contributed by atoms with Crippen molar-refractivity contribution in [1.29, 1.82) is 0 Å². The fourth-order valence-electron chi connectivity index (χ4n) is 1.43. The lowest BCUT2D eigenvalue weighted by atomic mass is 10.3. The van der Waals surface area contributed by atoms with E-state index in [4.69, 9.17) is 19.7 Å². The van der Waals surface area contributed by atoms with E-state index in [-0.39, 0.29) is 37.8 Å². The van der Waals surface area contributed by atoms with E-state index in [2.05, 4.69) is 4.98 Å². The van der Waals surface area contributed by atoms with Gasteiger partial charge in [0.25, 0.3) is 0 Å². The summed E-state index contributed by atoms with van der Waals surface area (Å²) in [6.07, 6.45) is -1.59. The first kappa shape index (κ1) is 17.0. The Kier molecular flexibility index (Phi) is 8.28. The van der Waals surface area contributed by atoms with Crippen LogP contribution in [0.1, 0.15) is 36.8 Å². The number of nitrogens with zero attached hydrogens (tertiary/aromatic N) is 1. The summed E-state index contributed by atoms with van der Waals surface area (Å²) in [4.78, 5) is 4.06. The molecule has 1 rings (SSSR count). The summed E-state index contributed by atoms with van der Waals surface area (Å²) in [7, 11) is 0. The lowest BCUT2D eigenvalue weighted by molar-refractivity contribution is -0.114. The molecule has 114 valence electrons. The Bertz CT molecular complexity index is 344. The van der Waals surface area contributed by atoms with Gasteiger partial charge in [-0.3, -0.25) is 0 Å². The highest BCUT2D eigenvalue weighted by atomic mass is 16.6. The summed E-state index contributed by atoms with van der Waals surface area (Å²) in [5, 5.41) is 36.7. The molecular formula is C13H21NO6. The van der Waals surface area contributed by atoms with Gasteiger partial charge in [0, 0.05) is 13.2 Å². The van der Waals surface area contributed by atoms with E-state index in [9.17, 15) is 10.2 Å². The summed E-state index contributed by atoms with van der Waals surface area (Å²) in [6, 6.07) is 4.75. The molecule has 7 nitrogen and oxygen atoms in total. The largest absolute Gasteiger partial charge is 0.396 e. The molecule has 0 aliphatic heterocycles. The molecule has 1 heterocycles. The van der Waals surface area contributed by atoms with E-state index in [0.29, 0.717) is 12.8 Å². The molecule has 7 heteroatoms. The average molecular weight is 287 g/mol. The molecule has 0 amide bonds. The second-order valence-electron chi connectivity index (χ2n) is 4.09. The van der Waals surface area contributed by atoms with E-state index in [1.165, 1.54) is 0 Å². The van der Waals surface area contributed by atoms with Gasteiger partial charge in [-0.1, -0.05) is 6.07 Å². The van der Waals surface area contributed by atoms with Crippen LogP contribution < -0.4 is 0 Å². The quantitative estimate of drug-likeness (QED) is 0.350. The molecule has 20 heavy (non-hydrogen) atoms. The molecule has 0 aliphatic rings. The minimum absolute atomic E-state index is 0.0163. The van der Waals surface area contributed by atoms with Crippen LogP contribution >= 0.6 is 0 Å². The van der Waals surface area contributed by atoms with Crippen LogP contribution in [-0.4, -0.2) is 51.8 Å². The minimum atomic E-state index is -1.22. The number of ether oxygens (including phenoxy) is 2. The first-order chi connectivity index (χ1) is 9.69. The van der Waals surface area contributed by atoms with Crippen molar-refractivity contribution in [2.75, 3.05) is 26.4 Å². The molecule has 1 aromatic heterocycles. The second-order valence-corrected chi connectivity index (χ2v) is 4.09. The van der Waals surface area contributed by atoms with Crippen LogP contribution in [0, 0.1) is 0 Å². The maximum atomic E-state index is 9.75. The van der Waals surface area contributed by atoms with Gasteiger partial charge in [-0.25, -0.2) is 4.98 Å². The zero-order valence-corrected chi connectivity index (χ0v) is 11.2. The van der Waals surface area contributed by atoms with Crippen molar-refractivity contribution < 1.29 is 29.9 Å². The van der Waals surface area contributed by atoms with E-state index in [1.807, 2.05) is 0 Å². The number of hydrogen-bond acceptors (Lipinski definition) is 7. The number of pyridine rings is 1. The lowest BCUT2D eigenvalue weighted by Gasteiger charge is -2.15. The number of rotatable bonds is 10. The fraction of sp³-hybridized carbons (Fsp3) is 0.615. The number of aromatic nitrogens is 1. The van der Waals surface area contributed by atoms with Gasteiger partial charge in [-0.15, -0.1) is 0 Å². The molecule has 1 aromatic rings. The van der Waals surface area contributed by atoms with Crippen LogP contribution in [0.3, 0.4) is 0 Å². The number of aliphatic hydroxyl groups excluding tert-OH is 4. The zero-order valence-electron chi connectivity index (χ0n) is 11.2. The van der Waals surface area contributed by atoms with Crippen LogP contribution in [0.4, 0.5) is 0 Å². The third-order valence-corrected chi connectivity index (χ3v) is 2.45. The molecule has 0 fully saturated rings. The van der Waals surface area contributed by atoms with Gasteiger partial charge in [0.05, 0.1) is 24.6 Å². The van der Waals surface area contributed by atoms with Crippen molar-refractivity contribution in [2.45, 2.75) is 25.4 Å². The summed E-state index contributed by atoms with van der Waals surface area (Å²) in [5.74, 6) is 0. The Morgan fingerprint density at radius 1 is 0.900 bits per heavy atom. The predicted molar refractivity (Wildman–Crippen MR) is 69.5 cm³/mol. The fourth-order valence-corrected chi connectivity index (χ4v) is 1.43. The Labute approximate surface area is 117 Å². The highest BCUT2D eigenvalue weighted by Gasteiger charge is 2.14. The van der Waals surface area contributed by atoms with Gasteiger partial charge < -0.3 is 29.9 Å². The SMILES string of the molecule is OCCCOC(O)c1cccc(C(O)OCCCO)n1. The third kappa shape index (κ3) is 5.91. The lowest BCUT2D eigenvalue weighted by Crippen LogP contribution is -2.12. The van der Waals surface area contributed by atoms with Crippen molar-refractivity contribution in [2.24, 2.45) is 0 Å². The van der Waals surface area contributed by atoms with Crippen molar-refractivity contribution in [3.63, 3.8) is 0 Å². The van der Waals surface area contributed by atoms with Crippen LogP contribution in [-0.2, 0) is 9.47 Å². The van der Waals surface area contributed by atoms with Gasteiger partial charge in [0.15, 0.2) is 12.6 Å². The van der Waals surface area contributed by atoms with Crippen molar-refractivity contribution >= 4 is 0 Å². The summed E-state index contributed by atoms with van der Waals surface area (Å²) in [5.41, 5.74) is 0.510. The van der Waals surface area contributed by atoms with E-state index >= 15 is 0 Å². The van der Waals surface area contributed by atoms with Crippen LogP contribution in [0.25, 0.3) is 0 Å². The normalized spacial score (nSPS) is 14.2. The van der Waals surface area contributed by atoms with Crippen LogP contribution in [0.2, 0.25) is 0 Å². The van der Waals surface area contributed by atoms with Crippen LogP contribution in [0.15, 0.2) is 18.2 Å². The maximum absolute atomic E-state index is 9.75. The molecule has 0 spiro atoms. The average Bonchev–Trinajstić information content (AvgIpc) is 2.47. The number of hydrogen-bond donors (Lipinski definition) is 4. The zero-order chi connectivity index (χ0) is 14.8. The van der Waals surface area contributed by atoms with Gasteiger partial charge >= 0.3 is 0 Å². The Morgan fingerprint density at radius 2 is 1.35 bits per heavy atom. The smallest absolute Gasteiger partial charge is 0.198 e. The molecule has 0 aromatic carbocycles. The summed E-state index contributed by atoms with van der Waals surface area (Å²) in [6.45, 7) is 0.382. The second kappa shape index (κ2) is 9.76. The molecular weight excluding hydrogens is 266 g/mol. The first-order valence-corrected chi connectivity index (χ1v) is 6.47. The molecule has 0 aliphatic carbocycles. The first-order valence-electron chi connectivity index (χ1n) is 6.47. The molecule has 0 saturated carbocycles. The summed E-state index contributed by atoms with van der Waals surface area (Å²) < 4.78 is 10.2. The van der Waals surface area contributed by atoms with E-state index in [1.54, 1.807) is 18.2 Å². The predicted octanol–water partition coefficient (Wildman–Crippen LogP) is -0.139. The monoisotopic (exact) mass is 287 g/mol. The van der Waals surface area contributed by atoms with Gasteiger partial charge in [-0.05, 0) is 25.0 Å². The summed E-state index contributed by atoms with van der Waals surface area (Å²) >= 11 is 0. The van der Waals surface area contributed by atoms with E-state index in [0.717, 1.165) is 0 Å². The van der Waals surface area contributed by atoms with Crippen LogP contribution in [0.5, 0.6) is 0 Å². The highest BCUT2D eigenvalue weighted by Crippen LogP contribution is 2.17. The van der Waals surface area contributed by atoms with Crippen molar-refractivity contribution in [3.05, 3.63) is 29.6 Å². The minimum Gasteiger partial charge on any atom is -0.396 e. The molecule has 2 unspecified atom stereocenters. The van der Waals surface area contributed by atoms with Gasteiger partial charge in [0.2, 0.25) is 0 Å². The Morgan fingerprint density at radius 3 is 1.75 bits per heavy atom. The van der Waals surface area contributed by atoms with Crippen molar-refractivity contribution in [3.8, 4) is 0 Å². The topological polar surface area (TPSA) is 112 Å². The Hall–Kier alpha value is -1.09. The molecule has 0 bridgehead atoms. The number of aliphatic hydroxyl groups is 4.